The van der Waals surface area contributed by atoms with Crippen molar-refractivity contribution in [3.05, 3.63) is 29.3 Å². The first-order valence-corrected chi connectivity index (χ1v) is 5.20. The van der Waals surface area contributed by atoms with E-state index in [-0.39, 0.29) is 0 Å². The van der Waals surface area contributed by atoms with Crippen LogP contribution in [0.3, 0.4) is 0 Å². The Morgan fingerprint density at radius 2 is 2.00 bits per heavy atom. The molecule has 1 heterocycles. The van der Waals surface area contributed by atoms with Crippen LogP contribution in [0.25, 0.3) is 0 Å². The standard InChI is InChI=1S/C12H18N2/c1-9-4-5-12(10(2)6-9)14-7-11(8-14)13-3/h4-6,11,13H,7-8H2,1-3H3. The summed E-state index contributed by atoms with van der Waals surface area (Å²) >= 11 is 0. The van der Waals surface area contributed by atoms with Crippen LogP contribution in [0.15, 0.2) is 18.2 Å². The molecule has 1 fully saturated rings. The van der Waals surface area contributed by atoms with Gasteiger partial charge in [0.1, 0.15) is 0 Å². The highest BCUT2D eigenvalue weighted by molar-refractivity contribution is 5.56. The molecule has 0 aliphatic carbocycles. The molecule has 0 spiro atoms. The fourth-order valence-electron chi connectivity index (χ4n) is 2.02. The first-order valence-electron chi connectivity index (χ1n) is 5.20. The van der Waals surface area contributed by atoms with Gasteiger partial charge in [-0.05, 0) is 32.5 Å². The average Bonchev–Trinajstić information content (AvgIpc) is 2.06. The molecule has 76 valence electrons. The van der Waals surface area contributed by atoms with Gasteiger partial charge in [-0.25, -0.2) is 0 Å². The van der Waals surface area contributed by atoms with Gasteiger partial charge < -0.3 is 10.2 Å². The Balaban J connectivity index is 2.11. The SMILES string of the molecule is CNC1CN(c2ccc(C)cc2C)C1. The van der Waals surface area contributed by atoms with Crippen molar-refractivity contribution in [2.24, 2.45) is 0 Å². The third kappa shape index (κ3) is 1.62. The summed E-state index contributed by atoms with van der Waals surface area (Å²) in [6.07, 6.45) is 0. The Kier molecular flexibility index (Phi) is 2.46. The molecule has 1 aromatic carbocycles. The second-order valence-corrected chi connectivity index (χ2v) is 4.18. The summed E-state index contributed by atoms with van der Waals surface area (Å²) in [5, 5.41) is 3.29. The van der Waals surface area contributed by atoms with Crippen molar-refractivity contribution in [1.82, 2.24) is 5.32 Å². The largest absolute Gasteiger partial charge is 0.368 e. The second-order valence-electron chi connectivity index (χ2n) is 4.18. The highest BCUT2D eigenvalue weighted by Crippen LogP contribution is 2.25. The fourth-order valence-corrected chi connectivity index (χ4v) is 2.02. The molecule has 2 heteroatoms. The number of hydrogen-bond acceptors (Lipinski definition) is 2. The number of likely N-dealkylation sites (N-methyl/N-ethyl adjacent to an activating group) is 1. The molecule has 2 nitrogen and oxygen atoms in total. The van der Waals surface area contributed by atoms with Crippen molar-refractivity contribution >= 4 is 5.69 Å². The number of aryl methyl sites for hydroxylation is 2. The minimum absolute atomic E-state index is 0.677. The van der Waals surface area contributed by atoms with Gasteiger partial charge in [-0.15, -0.1) is 0 Å². The zero-order chi connectivity index (χ0) is 10.1. The molecule has 1 saturated heterocycles. The van der Waals surface area contributed by atoms with Gasteiger partial charge in [-0.2, -0.15) is 0 Å². The number of rotatable bonds is 2. The number of hydrogen-bond donors (Lipinski definition) is 1. The lowest BCUT2D eigenvalue weighted by molar-refractivity contribution is 0.450. The van der Waals surface area contributed by atoms with Crippen LogP contribution < -0.4 is 10.2 Å². The molecule has 0 bridgehead atoms. The maximum absolute atomic E-state index is 3.29. The first kappa shape index (κ1) is 9.53. The van der Waals surface area contributed by atoms with Crippen molar-refractivity contribution in [3.8, 4) is 0 Å². The molecule has 0 saturated carbocycles. The van der Waals surface area contributed by atoms with Crippen molar-refractivity contribution in [2.75, 3.05) is 25.0 Å². The molecule has 1 aliphatic rings. The van der Waals surface area contributed by atoms with Gasteiger partial charge in [-0.1, -0.05) is 17.7 Å². The lowest BCUT2D eigenvalue weighted by Gasteiger charge is -2.41. The molecule has 0 unspecified atom stereocenters. The summed E-state index contributed by atoms with van der Waals surface area (Å²) in [5.74, 6) is 0. The van der Waals surface area contributed by atoms with Crippen molar-refractivity contribution < 1.29 is 0 Å². The van der Waals surface area contributed by atoms with Gasteiger partial charge >= 0.3 is 0 Å². The van der Waals surface area contributed by atoms with Crippen molar-refractivity contribution in [3.63, 3.8) is 0 Å². The summed E-state index contributed by atoms with van der Waals surface area (Å²) in [5.41, 5.74) is 4.12. The van der Waals surface area contributed by atoms with Crippen LogP contribution in [0.1, 0.15) is 11.1 Å². The molecule has 1 aromatic rings. The predicted octanol–water partition coefficient (Wildman–Crippen LogP) is 1.71. The van der Waals surface area contributed by atoms with Gasteiger partial charge in [0.25, 0.3) is 0 Å². The van der Waals surface area contributed by atoms with E-state index in [1.165, 1.54) is 16.8 Å². The van der Waals surface area contributed by atoms with Gasteiger partial charge in [0.15, 0.2) is 0 Å². The van der Waals surface area contributed by atoms with E-state index in [1.807, 2.05) is 7.05 Å². The van der Waals surface area contributed by atoms with Crippen LogP contribution in [0.2, 0.25) is 0 Å². The van der Waals surface area contributed by atoms with Crippen LogP contribution in [0.5, 0.6) is 0 Å². The van der Waals surface area contributed by atoms with Gasteiger partial charge in [0.05, 0.1) is 0 Å². The number of nitrogens with zero attached hydrogens (tertiary/aromatic N) is 1. The quantitative estimate of drug-likeness (QED) is 0.763. The van der Waals surface area contributed by atoms with Crippen LogP contribution in [0.4, 0.5) is 5.69 Å². The lowest BCUT2D eigenvalue weighted by atomic mass is 10.0. The Hall–Kier alpha value is -1.02. The zero-order valence-electron chi connectivity index (χ0n) is 9.17. The molecule has 0 atom stereocenters. The summed E-state index contributed by atoms with van der Waals surface area (Å²) in [7, 11) is 2.03. The second kappa shape index (κ2) is 3.62. The molecular weight excluding hydrogens is 172 g/mol. The lowest BCUT2D eigenvalue weighted by Crippen LogP contribution is -2.57. The third-order valence-electron chi connectivity index (χ3n) is 2.98. The van der Waals surface area contributed by atoms with E-state index in [2.05, 4.69) is 42.3 Å². The molecule has 0 radical (unpaired) electrons. The van der Waals surface area contributed by atoms with Crippen molar-refractivity contribution in [1.29, 1.82) is 0 Å². The van der Waals surface area contributed by atoms with E-state index in [0.29, 0.717) is 6.04 Å². The van der Waals surface area contributed by atoms with E-state index in [4.69, 9.17) is 0 Å². The minimum atomic E-state index is 0.677. The van der Waals surface area contributed by atoms with E-state index in [1.54, 1.807) is 0 Å². The zero-order valence-corrected chi connectivity index (χ0v) is 9.17. The molecule has 1 N–H and O–H groups in total. The minimum Gasteiger partial charge on any atom is -0.368 e. The van der Waals surface area contributed by atoms with Crippen LogP contribution in [0, 0.1) is 13.8 Å². The number of nitrogens with one attached hydrogen (secondary N) is 1. The summed E-state index contributed by atoms with van der Waals surface area (Å²) < 4.78 is 0. The molecule has 2 rings (SSSR count). The van der Waals surface area contributed by atoms with E-state index in [9.17, 15) is 0 Å². The fraction of sp³-hybridized carbons (Fsp3) is 0.500. The van der Waals surface area contributed by atoms with Crippen LogP contribution in [-0.2, 0) is 0 Å². The Morgan fingerprint density at radius 1 is 1.29 bits per heavy atom. The number of benzene rings is 1. The van der Waals surface area contributed by atoms with E-state index >= 15 is 0 Å². The van der Waals surface area contributed by atoms with Crippen LogP contribution in [-0.4, -0.2) is 26.2 Å². The highest BCUT2D eigenvalue weighted by Gasteiger charge is 2.25. The molecule has 14 heavy (non-hydrogen) atoms. The maximum atomic E-state index is 3.29. The number of anilines is 1. The Morgan fingerprint density at radius 3 is 2.57 bits per heavy atom. The molecule has 0 aromatic heterocycles. The molecule has 0 amide bonds. The molecule has 1 aliphatic heterocycles. The monoisotopic (exact) mass is 190 g/mol. The van der Waals surface area contributed by atoms with Crippen LogP contribution >= 0.6 is 0 Å². The van der Waals surface area contributed by atoms with Crippen molar-refractivity contribution in [2.45, 2.75) is 19.9 Å². The van der Waals surface area contributed by atoms with Gasteiger partial charge in [0, 0.05) is 24.8 Å². The smallest absolute Gasteiger partial charge is 0.0418 e. The van der Waals surface area contributed by atoms with E-state index in [0.717, 1.165) is 13.1 Å². The summed E-state index contributed by atoms with van der Waals surface area (Å²) in [4.78, 5) is 2.43. The summed E-state index contributed by atoms with van der Waals surface area (Å²) in [6, 6.07) is 7.35. The Labute approximate surface area is 85.9 Å². The Bertz CT molecular complexity index is 327. The predicted molar refractivity (Wildman–Crippen MR) is 61.0 cm³/mol. The van der Waals surface area contributed by atoms with Gasteiger partial charge in [0.2, 0.25) is 0 Å². The topological polar surface area (TPSA) is 15.3 Å². The first-order chi connectivity index (χ1) is 6.70. The maximum Gasteiger partial charge on any atom is 0.0418 e. The average molecular weight is 190 g/mol. The third-order valence-corrected chi connectivity index (χ3v) is 2.98. The normalized spacial score (nSPS) is 16.9. The van der Waals surface area contributed by atoms with E-state index < -0.39 is 0 Å². The summed E-state index contributed by atoms with van der Waals surface area (Å²) in [6.45, 7) is 6.61. The van der Waals surface area contributed by atoms with Gasteiger partial charge in [-0.3, -0.25) is 0 Å². The highest BCUT2D eigenvalue weighted by atomic mass is 15.2. The molecular formula is C12H18N2.